The maximum atomic E-state index is 10.3. The van der Waals surface area contributed by atoms with Crippen LogP contribution in [0.5, 0.6) is 0 Å². The van der Waals surface area contributed by atoms with Crippen molar-refractivity contribution in [1.29, 1.82) is 0 Å². The van der Waals surface area contributed by atoms with Crippen molar-refractivity contribution in [3.05, 3.63) is 35.4 Å². The molecule has 0 saturated heterocycles. The van der Waals surface area contributed by atoms with Crippen LogP contribution < -0.4 is 0 Å². The second kappa shape index (κ2) is 3.32. The zero-order valence-corrected chi connectivity index (χ0v) is 9.48. The fourth-order valence-corrected chi connectivity index (χ4v) is 2.29. The quantitative estimate of drug-likeness (QED) is 0.810. The van der Waals surface area contributed by atoms with Crippen LogP contribution in [0.2, 0.25) is 0 Å². The average molecular weight is 216 g/mol. The third-order valence-corrected chi connectivity index (χ3v) is 3.45. The number of benzene rings is 1. The fraction of sp³-hybridized carbons (Fsp3) is 0.462. The zero-order valence-electron chi connectivity index (χ0n) is 9.48. The Balaban J connectivity index is 2.07. The van der Waals surface area contributed by atoms with Gasteiger partial charge < -0.3 is 10.0 Å². The SMILES string of the molecule is CN1CCN=C1c1ccccc1C1(O)CC1. The summed E-state index contributed by atoms with van der Waals surface area (Å²) in [6.45, 7) is 1.83. The maximum absolute atomic E-state index is 10.3. The van der Waals surface area contributed by atoms with Crippen molar-refractivity contribution in [3.63, 3.8) is 0 Å². The summed E-state index contributed by atoms with van der Waals surface area (Å²) >= 11 is 0. The number of hydrogen-bond donors (Lipinski definition) is 1. The van der Waals surface area contributed by atoms with Crippen molar-refractivity contribution in [2.24, 2.45) is 4.99 Å². The van der Waals surface area contributed by atoms with Gasteiger partial charge >= 0.3 is 0 Å². The third-order valence-electron chi connectivity index (χ3n) is 3.45. The van der Waals surface area contributed by atoms with Gasteiger partial charge in [-0.15, -0.1) is 0 Å². The van der Waals surface area contributed by atoms with Crippen LogP contribution in [-0.2, 0) is 5.60 Å². The molecule has 0 amide bonds. The minimum atomic E-state index is -0.581. The molecule has 1 saturated carbocycles. The zero-order chi connectivity index (χ0) is 11.2. The Morgan fingerprint density at radius 2 is 2.06 bits per heavy atom. The second-order valence-electron chi connectivity index (χ2n) is 4.70. The van der Waals surface area contributed by atoms with Gasteiger partial charge in [0.25, 0.3) is 0 Å². The van der Waals surface area contributed by atoms with Gasteiger partial charge in [0.1, 0.15) is 5.84 Å². The predicted molar refractivity (Wildman–Crippen MR) is 63.6 cm³/mol. The van der Waals surface area contributed by atoms with Crippen LogP contribution in [0.4, 0.5) is 0 Å². The maximum Gasteiger partial charge on any atom is 0.131 e. The van der Waals surface area contributed by atoms with Gasteiger partial charge in [-0.05, 0) is 18.4 Å². The van der Waals surface area contributed by atoms with Crippen LogP contribution in [0.25, 0.3) is 0 Å². The van der Waals surface area contributed by atoms with E-state index in [1.807, 2.05) is 18.2 Å². The Kier molecular flexibility index (Phi) is 2.04. The van der Waals surface area contributed by atoms with Crippen molar-refractivity contribution in [2.75, 3.05) is 20.1 Å². The first-order valence-corrected chi connectivity index (χ1v) is 5.78. The van der Waals surface area contributed by atoms with Gasteiger partial charge in [0, 0.05) is 19.2 Å². The molecule has 1 aromatic rings. The lowest BCUT2D eigenvalue weighted by molar-refractivity contribution is 0.151. The standard InChI is InChI=1S/C13H16N2O/c1-15-9-8-14-12(15)10-4-2-3-5-11(10)13(16)6-7-13/h2-5,16H,6-9H2,1H3. The van der Waals surface area contributed by atoms with Crippen LogP contribution in [0.15, 0.2) is 29.3 Å². The Bertz CT molecular complexity index is 449. The second-order valence-corrected chi connectivity index (χ2v) is 4.70. The number of aliphatic hydroxyl groups is 1. The molecule has 1 N–H and O–H groups in total. The summed E-state index contributed by atoms with van der Waals surface area (Å²) < 4.78 is 0. The van der Waals surface area contributed by atoms with Crippen LogP contribution in [0.3, 0.4) is 0 Å². The van der Waals surface area contributed by atoms with Crippen LogP contribution in [-0.4, -0.2) is 36.0 Å². The first kappa shape index (κ1) is 9.85. The minimum Gasteiger partial charge on any atom is -0.385 e. The highest BCUT2D eigenvalue weighted by Crippen LogP contribution is 2.46. The molecule has 1 aliphatic carbocycles. The van der Waals surface area contributed by atoms with Crippen molar-refractivity contribution in [1.82, 2.24) is 4.90 Å². The van der Waals surface area contributed by atoms with E-state index in [0.717, 1.165) is 42.9 Å². The summed E-state index contributed by atoms with van der Waals surface area (Å²) in [4.78, 5) is 6.68. The van der Waals surface area contributed by atoms with Gasteiger partial charge in [0.2, 0.25) is 0 Å². The summed E-state index contributed by atoms with van der Waals surface area (Å²) in [5.74, 6) is 1.02. The van der Waals surface area contributed by atoms with E-state index < -0.39 is 5.60 Å². The molecule has 0 radical (unpaired) electrons. The molecule has 2 aliphatic rings. The van der Waals surface area contributed by atoms with Crippen LogP contribution in [0, 0.1) is 0 Å². The smallest absolute Gasteiger partial charge is 0.131 e. The highest BCUT2D eigenvalue weighted by Gasteiger charge is 2.44. The Labute approximate surface area is 95.4 Å². The van der Waals surface area contributed by atoms with Crippen molar-refractivity contribution in [3.8, 4) is 0 Å². The number of aliphatic imine (C=N–C) groups is 1. The molecule has 0 unspecified atom stereocenters. The fourth-order valence-electron chi connectivity index (χ4n) is 2.29. The first-order chi connectivity index (χ1) is 7.71. The highest BCUT2D eigenvalue weighted by atomic mass is 16.3. The number of hydrogen-bond acceptors (Lipinski definition) is 3. The van der Waals surface area contributed by atoms with Crippen LogP contribution >= 0.6 is 0 Å². The lowest BCUT2D eigenvalue weighted by Crippen LogP contribution is -2.25. The number of rotatable bonds is 2. The van der Waals surface area contributed by atoms with Crippen molar-refractivity contribution < 1.29 is 5.11 Å². The van der Waals surface area contributed by atoms with Gasteiger partial charge in [-0.25, -0.2) is 0 Å². The van der Waals surface area contributed by atoms with Gasteiger partial charge in [0.05, 0.1) is 12.1 Å². The first-order valence-electron chi connectivity index (χ1n) is 5.78. The van der Waals surface area contributed by atoms with Crippen molar-refractivity contribution >= 4 is 5.84 Å². The number of likely N-dealkylation sites (N-methyl/N-ethyl adjacent to an activating group) is 1. The summed E-state index contributed by atoms with van der Waals surface area (Å²) in [7, 11) is 2.06. The van der Waals surface area contributed by atoms with Gasteiger partial charge in [0.15, 0.2) is 0 Å². The number of nitrogens with zero attached hydrogens (tertiary/aromatic N) is 2. The highest BCUT2D eigenvalue weighted by molar-refractivity contribution is 6.01. The molecule has 0 atom stereocenters. The van der Waals surface area contributed by atoms with E-state index in [2.05, 4.69) is 23.0 Å². The lowest BCUT2D eigenvalue weighted by Gasteiger charge is -2.19. The van der Waals surface area contributed by atoms with E-state index in [1.54, 1.807) is 0 Å². The Morgan fingerprint density at radius 1 is 1.31 bits per heavy atom. The monoisotopic (exact) mass is 216 g/mol. The predicted octanol–water partition coefficient (Wildman–Crippen LogP) is 1.36. The van der Waals surface area contributed by atoms with E-state index in [4.69, 9.17) is 0 Å². The molecule has 3 rings (SSSR count). The van der Waals surface area contributed by atoms with E-state index in [0.29, 0.717) is 0 Å². The van der Waals surface area contributed by atoms with Gasteiger partial charge in [-0.2, -0.15) is 0 Å². The largest absolute Gasteiger partial charge is 0.385 e. The lowest BCUT2D eigenvalue weighted by atomic mass is 9.99. The summed E-state index contributed by atoms with van der Waals surface area (Å²) in [6, 6.07) is 8.09. The molecule has 1 fully saturated rings. The molecule has 0 aromatic heterocycles. The molecule has 84 valence electrons. The summed E-state index contributed by atoms with van der Waals surface area (Å²) in [5, 5.41) is 10.3. The molecule has 1 aromatic carbocycles. The molecule has 3 heteroatoms. The van der Waals surface area contributed by atoms with Crippen molar-refractivity contribution in [2.45, 2.75) is 18.4 Å². The van der Waals surface area contributed by atoms with Gasteiger partial charge in [-0.3, -0.25) is 4.99 Å². The molecule has 16 heavy (non-hydrogen) atoms. The molecular weight excluding hydrogens is 200 g/mol. The normalized spacial score (nSPS) is 22.1. The van der Waals surface area contributed by atoms with E-state index >= 15 is 0 Å². The third kappa shape index (κ3) is 1.43. The number of amidine groups is 1. The Hall–Kier alpha value is -1.35. The summed E-state index contributed by atoms with van der Waals surface area (Å²) in [6.07, 6.45) is 1.75. The minimum absolute atomic E-state index is 0.581. The van der Waals surface area contributed by atoms with E-state index in [9.17, 15) is 5.11 Å². The molecule has 3 nitrogen and oxygen atoms in total. The molecular formula is C13H16N2O. The average Bonchev–Trinajstić information content (AvgIpc) is 2.89. The van der Waals surface area contributed by atoms with E-state index in [-0.39, 0.29) is 0 Å². The molecule has 0 bridgehead atoms. The molecule has 1 aliphatic heterocycles. The van der Waals surface area contributed by atoms with Crippen LogP contribution in [0.1, 0.15) is 24.0 Å². The molecule has 0 spiro atoms. The summed E-state index contributed by atoms with van der Waals surface area (Å²) in [5.41, 5.74) is 1.56. The van der Waals surface area contributed by atoms with Gasteiger partial charge in [-0.1, -0.05) is 24.3 Å². The van der Waals surface area contributed by atoms with E-state index in [1.165, 1.54) is 0 Å². The molecule has 1 heterocycles. The Morgan fingerprint density at radius 3 is 2.69 bits per heavy atom. The topological polar surface area (TPSA) is 35.8 Å².